The summed E-state index contributed by atoms with van der Waals surface area (Å²) >= 11 is 0. The van der Waals surface area contributed by atoms with Gasteiger partial charge in [-0.3, -0.25) is 14.5 Å². The second-order valence-corrected chi connectivity index (χ2v) is 7.60. The third-order valence-corrected chi connectivity index (χ3v) is 5.03. The topological polar surface area (TPSA) is 65.8 Å². The lowest BCUT2D eigenvalue weighted by atomic mass is 9.84. The number of piperazine rings is 1. The molecule has 1 aliphatic heterocycles. The van der Waals surface area contributed by atoms with Gasteiger partial charge >= 0.3 is 0 Å². The van der Waals surface area contributed by atoms with Gasteiger partial charge < -0.3 is 15.1 Å². The van der Waals surface area contributed by atoms with Crippen molar-refractivity contribution in [1.29, 1.82) is 0 Å². The van der Waals surface area contributed by atoms with Crippen molar-refractivity contribution in [3.63, 3.8) is 0 Å². The number of nitrogens with one attached hydrogen (secondary N) is 1. The third kappa shape index (κ3) is 5.26. The number of aliphatic imine (C=N–C) groups is 1. The largest absolute Gasteiger partial charge is 0.355 e. The average molecular weight is 514 g/mol. The molecule has 0 radical (unpaired) electrons. The van der Waals surface area contributed by atoms with Crippen LogP contribution in [0.5, 0.6) is 0 Å². The Kier molecular flexibility index (Phi) is 7.61. The molecule has 3 rings (SSSR count). The maximum absolute atomic E-state index is 14.2. The number of carbonyl (C=O) groups excluding carboxylic acids is 1. The fourth-order valence-corrected chi connectivity index (χ4v) is 3.41. The third-order valence-electron chi connectivity index (χ3n) is 5.03. The van der Waals surface area contributed by atoms with E-state index in [1.165, 1.54) is 6.07 Å². The normalized spacial score (nSPS) is 15.3. The number of aromatic nitrogens is 2. The predicted octanol–water partition coefficient (Wildman–Crippen LogP) is 2.38. The van der Waals surface area contributed by atoms with Crippen LogP contribution in [-0.4, -0.2) is 59.8 Å². The van der Waals surface area contributed by atoms with Gasteiger partial charge in [0, 0.05) is 45.3 Å². The fraction of sp³-hybridized carbons (Fsp3) is 0.450. The fourth-order valence-electron chi connectivity index (χ4n) is 3.41. The number of anilines is 1. The molecule has 0 saturated carbocycles. The lowest BCUT2D eigenvalue weighted by Gasteiger charge is -2.36. The highest BCUT2D eigenvalue weighted by Gasteiger charge is 2.29. The van der Waals surface area contributed by atoms with E-state index in [1.807, 2.05) is 38.1 Å². The van der Waals surface area contributed by atoms with Crippen LogP contribution in [0.15, 0.2) is 41.7 Å². The minimum atomic E-state index is -0.428. The van der Waals surface area contributed by atoms with E-state index in [0.717, 1.165) is 5.69 Å². The van der Waals surface area contributed by atoms with Crippen LogP contribution in [0.25, 0.3) is 0 Å². The van der Waals surface area contributed by atoms with Gasteiger partial charge in [0.2, 0.25) is 5.91 Å². The SMILES string of the molecule is CN=C(NCC(C)(C)c1ccccc1F)N1CCN(c2cnn(C)c2)C(=O)C1.I. The van der Waals surface area contributed by atoms with Crippen LogP contribution in [0.4, 0.5) is 10.1 Å². The first kappa shape index (κ1) is 23.1. The van der Waals surface area contributed by atoms with E-state index < -0.39 is 5.41 Å². The van der Waals surface area contributed by atoms with Crippen molar-refractivity contribution >= 4 is 41.5 Å². The molecule has 29 heavy (non-hydrogen) atoms. The summed E-state index contributed by atoms with van der Waals surface area (Å²) in [4.78, 5) is 20.6. The van der Waals surface area contributed by atoms with Gasteiger partial charge in [-0.15, -0.1) is 24.0 Å². The Morgan fingerprint density at radius 2 is 2.03 bits per heavy atom. The number of aryl methyl sites for hydroxylation is 1. The van der Waals surface area contributed by atoms with Crippen molar-refractivity contribution in [1.82, 2.24) is 20.0 Å². The van der Waals surface area contributed by atoms with Gasteiger partial charge in [0.25, 0.3) is 0 Å². The number of guanidine groups is 1. The van der Waals surface area contributed by atoms with Crippen LogP contribution in [0.1, 0.15) is 19.4 Å². The van der Waals surface area contributed by atoms with Crippen LogP contribution < -0.4 is 10.2 Å². The lowest BCUT2D eigenvalue weighted by molar-refractivity contribution is -0.120. The summed E-state index contributed by atoms with van der Waals surface area (Å²) in [6, 6.07) is 6.80. The van der Waals surface area contributed by atoms with E-state index in [9.17, 15) is 9.18 Å². The minimum Gasteiger partial charge on any atom is -0.355 e. The molecule has 1 aliphatic rings. The molecule has 2 aromatic rings. The van der Waals surface area contributed by atoms with E-state index in [-0.39, 0.29) is 42.2 Å². The molecule has 1 aromatic heterocycles. The van der Waals surface area contributed by atoms with Gasteiger partial charge in [0.1, 0.15) is 12.4 Å². The Morgan fingerprint density at radius 1 is 1.31 bits per heavy atom. The molecule has 7 nitrogen and oxygen atoms in total. The molecule has 1 fully saturated rings. The summed E-state index contributed by atoms with van der Waals surface area (Å²) in [5.41, 5.74) is 1.02. The summed E-state index contributed by atoms with van der Waals surface area (Å²) < 4.78 is 15.9. The van der Waals surface area contributed by atoms with E-state index in [4.69, 9.17) is 0 Å². The van der Waals surface area contributed by atoms with Crippen LogP contribution >= 0.6 is 24.0 Å². The highest BCUT2D eigenvalue weighted by molar-refractivity contribution is 14.0. The van der Waals surface area contributed by atoms with Gasteiger partial charge in [0.05, 0.1) is 11.9 Å². The molecule has 158 valence electrons. The molecule has 0 aliphatic carbocycles. The molecule has 1 amide bonds. The molecule has 9 heteroatoms. The highest BCUT2D eigenvalue weighted by atomic mass is 127. The zero-order valence-electron chi connectivity index (χ0n) is 17.2. The number of halogens is 2. The van der Waals surface area contributed by atoms with Crippen LogP contribution in [0, 0.1) is 5.82 Å². The summed E-state index contributed by atoms with van der Waals surface area (Å²) in [6.07, 6.45) is 3.52. The summed E-state index contributed by atoms with van der Waals surface area (Å²) in [5.74, 6) is 0.420. The molecule has 2 heterocycles. The summed E-state index contributed by atoms with van der Waals surface area (Å²) in [7, 11) is 3.52. The van der Waals surface area contributed by atoms with Crippen LogP contribution in [0.2, 0.25) is 0 Å². The summed E-state index contributed by atoms with van der Waals surface area (Å²) in [5, 5.41) is 7.44. The number of carbonyl (C=O) groups is 1. The van der Waals surface area contributed by atoms with Crippen LogP contribution in [0.3, 0.4) is 0 Å². The average Bonchev–Trinajstić information content (AvgIpc) is 3.08. The van der Waals surface area contributed by atoms with E-state index in [0.29, 0.717) is 31.2 Å². The number of benzene rings is 1. The molecule has 1 aromatic carbocycles. The number of nitrogens with zero attached hydrogens (tertiary/aromatic N) is 5. The number of amides is 1. The van der Waals surface area contributed by atoms with E-state index >= 15 is 0 Å². The second kappa shape index (κ2) is 9.55. The van der Waals surface area contributed by atoms with Gasteiger partial charge in [-0.05, 0) is 11.6 Å². The molecule has 1 saturated heterocycles. The zero-order valence-corrected chi connectivity index (χ0v) is 19.6. The Morgan fingerprint density at radius 3 is 2.62 bits per heavy atom. The van der Waals surface area contributed by atoms with Gasteiger partial charge in [-0.1, -0.05) is 32.0 Å². The van der Waals surface area contributed by atoms with Crippen molar-refractivity contribution in [2.75, 3.05) is 38.1 Å². The molecule has 0 spiro atoms. The smallest absolute Gasteiger partial charge is 0.246 e. The highest BCUT2D eigenvalue weighted by Crippen LogP contribution is 2.25. The Labute approximate surface area is 188 Å². The van der Waals surface area contributed by atoms with Gasteiger partial charge in [0.15, 0.2) is 5.96 Å². The first-order chi connectivity index (χ1) is 13.3. The van der Waals surface area contributed by atoms with Crippen molar-refractivity contribution < 1.29 is 9.18 Å². The van der Waals surface area contributed by atoms with Gasteiger partial charge in [-0.25, -0.2) is 4.39 Å². The standard InChI is InChI=1S/C20H27FN6O.HI/c1-20(2,16-7-5-6-8-17(16)21)14-23-19(22-3)26-9-10-27(18(28)13-26)15-11-24-25(4)12-15;/h5-8,11-12H,9-10,13-14H2,1-4H3,(H,22,23);1H. The van der Waals surface area contributed by atoms with Crippen molar-refractivity contribution in [2.45, 2.75) is 19.3 Å². The minimum absolute atomic E-state index is 0. The molecule has 0 atom stereocenters. The van der Waals surface area contributed by atoms with E-state index in [1.54, 1.807) is 35.0 Å². The maximum atomic E-state index is 14.2. The van der Waals surface area contributed by atoms with Crippen molar-refractivity contribution in [3.05, 3.63) is 48.0 Å². The Hall–Kier alpha value is -2.17. The molecular formula is C20H28FIN6O. The molecular weight excluding hydrogens is 486 g/mol. The lowest BCUT2D eigenvalue weighted by Crippen LogP contribution is -2.56. The first-order valence-corrected chi connectivity index (χ1v) is 9.31. The number of hydrogen-bond donors (Lipinski definition) is 1. The number of rotatable bonds is 4. The van der Waals surface area contributed by atoms with Gasteiger partial charge in [-0.2, -0.15) is 5.10 Å². The zero-order chi connectivity index (χ0) is 20.3. The van der Waals surface area contributed by atoms with Crippen LogP contribution in [-0.2, 0) is 17.3 Å². The quantitative estimate of drug-likeness (QED) is 0.387. The predicted molar refractivity (Wildman–Crippen MR) is 123 cm³/mol. The second-order valence-electron chi connectivity index (χ2n) is 7.60. The first-order valence-electron chi connectivity index (χ1n) is 9.31. The number of hydrogen-bond acceptors (Lipinski definition) is 3. The Bertz CT molecular complexity index is 881. The van der Waals surface area contributed by atoms with Crippen molar-refractivity contribution in [2.24, 2.45) is 12.0 Å². The molecule has 0 bridgehead atoms. The Balaban J connectivity index is 0.00000300. The maximum Gasteiger partial charge on any atom is 0.246 e. The van der Waals surface area contributed by atoms with E-state index in [2.05, 4.69) is 15.4 Å². The monoisotopic (exact) mass is 514 g/mol. The molecule has 0 unspecified atom stereocenters. The summed E-state index contributed by atoms with van der Waals surface area (Å²) in [6.45, 7) is 5.91. The van der Waals surface area contributed by atoms with Crippen molar-refractivity contribution in [3.8, 4) is 0 Å². The molecule has 1 N–H and O–H groups in total.